The molecule has 0 aromatic heterocycles. The van der Waals surface area contributed by atoms with Gasteiger partial charge < -0.3 is 19.9 Å². The van der Waals surface area contributed by atoms with Crippen LogP contribution in [0.5, 0.6) is 5.75 Å². The van der Waals surface area contributed by atoms with Crippen LogP contribution in [0.1, 0.15) is 39.0 Å². The number of imide groups is 1. The number of benzene rings is 1. The van der Waals surface area contributed by atoms with E-state index < -0.39 is 11.6 Å². The topological polar surface area (TPSA) is 82.2 Å². The van der Waals surface area contributed by atoms with Gasteiger partial charge in [0.25, 0.3) is 5.91 Å². The molecule has 0 bridgehead atoms. The SMILES string of the molecule is COc1ccc(N2CCCN(C(=O)CN3C(=O)NC4(CCC(C)CC4)C3=O)CC2)cc1. The lowest BCUT2D eigenvalue weighted by Crippen LogP contribution is -2.50. The first-order chi connectivity index (χ1) is 14.9. The van der Waals surface area contributed by atoms with E-state index in [9.17, 15) is 14.4 Å². The van der Waals surface area contributed by atoms with Gasteiger partial charge in [0.15, 0.2) is 0 Å². The second kappa shape index (κ2) is 8.77. The van der Waals surface area contributed by atoms with E-state index in [1.54, 1.807) is 12.0 Å². The third-order valence-corrected chi connectivity index (χ3v) is 6.95. The molecule has 0 radical (unpaired) electrons. The zero-order chi connectivity index (χ0) is 22.0. The van der Waals surface area contributed by atoms with Gasteiger partial charge in [0.05, 0.1) is 7.11 Å². The number of hydrogen-bond acceptors (Lipinski definition) is 5. The van der Waals surface area contributed by atoms with Crippen LogP contribution in [0.25, 0.3) is 0 Å². The number of carbonyl (C=O) groups is 3. The summed E-state index contributed by atoms with van der Waals surface area (Å²) < 4.78 is 5.22. The number of nitrogens with one attached hydrogen (secondary N) is 1. The van der Waals surface area contributed by atoms with E-state index in [1.807, 2.05) is 24.3 Å². The molecule has 0 atom stereocenters. The van der Waals surface area contributed by atoms with Crippen molar-refractivity contribution < 1.29 is 19.1 Å². The largest absolute Gasteiger partial charge is 0.497 e. The maximum absolute atomic E-state index is 13.0. The highest BCUT2D eigenvalue weighted by Gasteiger charge is 2.52. The predicted molar refractivity (Wildman–Crippen MR) is 117 cm³/mol. The molecule has 1 aromatic carbocycles. The fourth-order valence-corrected chi connectivity index (χ4v) is 4.87. The van der Waals surface area contributed by atoms with Crippen molar-refractivity contribution >= 4 is 23.5 Å². The Balaban J connectivity index is 1.35. The Morgan fingerprint density at radius 3 is 2.48 bits per heavy atom. The van der Waals surface area contributed by atoms with Crippen molar-refractivity contribution in [2.75, 3.05) is 44.7 Å². The zero-order valence-electron chi connectivity index (χ0n) is 18.4. The summed E-state index contributed by atoms with van der Waals surface area (Å²) >= 11 is 0. The Labute approximate surface area is 183 Å². The third-order valence-electron chi connectivity index (χ3n) is 6.95. The lowest BCUT2D eigenvalue weighted by atomic mass is 9.77. The van der Waals surface area contributed by atoms with Crippen molar-refractivity contribution in [1.29, 1.82) is 0 Å². The lowest BCUT2D eigenvalue weighted by molar-refractivity contribution is -0.139. The Kier molecular flexibility index (Phi) is 6.07. The number of rotatable bonds is 4. The molecule has 8 nitrogen and oxygen atoms in total. The molecule has 168 valence electrons. The first-order valence-electron chi connectivity index (χ1n) is 11.2. The number of carbonyl (C=O) groups excluding carboxylic acids is 3. The minimum atomic E-state index is -0.798. The van der Waals surface area contributed by atoms with E-state index in [0.29, 0.717) is 38.4 Å². The van der Waals surface area contributed by atoms with Crippen molar-refractivity contribution in [1.82, 2.24) is 15.1 Å². The molecule has 3 aliphatic rings. The Morgan fingerprint density at radius 1 is 1.10 bits per heavy atom. The smallest absolute Gasteiger partial charge is 0.325 e. The number of methoxy groups -OCH3 is 1. The highest BCUT2D eigenvalue weighted by molar-refractivity contribution is 6.09. The molecule has 1 aliphatic carbocycles. The fraction of sp³-hybridized carbons (Fsp3) is 0.609. The second-order valence-electron chi connectivity index (χ2n) is 9.01. The van der Waals surface area contributed by atoms with Crippen LogP contribution in [-0.4, -0.2) is 73.0 Å². The van der Waals surface area contributed by atoms with E-state index in [0.717, 1.165) is 42.1 Å². The summed E-state index contributed by atoms with van der Waals surface area (Å²) in [4.78, 5) is 43.7. The van der Waals surface area contributed by atoms with Gasteiger partial charge in [-0.25, -0.2) is 4.79 Å². The van der Waals surface area contributed by atoms with Gasteiger partial charge in [-0.3, -0.25) is 14.5 Å². The summed E-state index contributed by atoms with van der Waals surface area (Å²) in [5, 5.41) is 2.90. The zero-order valence-corrected chi connectivity index (χ0v) is 18.4. The van der Waals surface area contributed by atoms with Gasteiger partial charge in [-0.05, 0) is 62.3 Å². The Morgan fingerprint density at radius 2 is 1.81 bits per heavy atom. The van der Waals surface area contributed by atoms with E-state index in [4.69, 9.17) is 4.74 Å². The number of ether oxygens (including phenoxy) is 1. The van der Waals surface area contributed by atoms with Crippen LogP contribution in [0, 0.1) is 5.92 Å². The summed E-state index contributed by atoms with van der Waals surface area (Å²) in [6.07, 6.45) is 3.98. The molecular formula is C23H32N4O4. The highest BCUT2D eigenvalue weighted by atomic mass is 16.5. The van der Waals surface area contributed by atoms with E-state index in [2.05, 4.69) is 17.1 Å². The predicted octanol–water partition coefficient (Wildman–Crippen LogP) is 2.23. The summed E-state index contributed by atoms with van der Waals surface area (Å²) in [5.41, 5.74) is 0.297. The van der Waals surface area contributed by atoms with Crippen molar-refractivity contribution in [3.8, 4) is 5.75 Å². The van der Waals surface area contributed by atoms with Gasteiger partial charge in [-0.15, -0.1) is 0 Å². The molecule has 4 amide bonds. The van der Waals surface area contributed by atoms with Crippen molar-refractivity contribution in [3.63, 3.8) is 0 Å². The molecule has 4 rings (SSSR count). The number of amides is 4. The average molecular weight is 429 g/mol. The molecule has 2 saturated heterocycles. The maximum atomic E-state index is 13.0. The van der Waals surface area contributed by atoms with Crippen LogP contribution in [0.4, 0.5) is 10.5 Å². The van der Waals surface area contributed by atoms with E-state index in [1.165, 1.54) is 0 Å². The van der Waals surface area contributed by atoms with E-state index >= 15 is 0 Å². The fourth-order valence-electron chi connectivity index (χ4n) is 4.87. The Hall–Kier alpha value is -2.77. The molecule has 0 unspecified atom stereocenters. The van der Waals surface area contributed by atoms with Gasteiger partial charge in [-0.2, -0.15) is 0 Å². The van der Waals surface area contributed by atoms with Gasteiger partial charge >= 0.3 is 6.03 Å². The van der Waals surface area contributed by atoms with Gasteiger partial charge in [0, 0.05) is 31.9 Å². The van der Waals surface area contributed by atoms with Gasteiger partial charge in [-0.1, -0.05) is 6.92 Å². The third kappa shape index (κ3) is 4.34. The van der Waals surface area contributed by atoms with Crippen molar-refractivity contribution in [2.45, 2.75) is 44.6 Å². The number of nitrogens with zero attached hydrogens (tertiary/aromatic N) is 3. The van der Waals surface area contributed by atoms with Crippen LogP contribution < -0.4 is 15.0 Å². The number of urea groups is 1. The standard InChI is InChI=1S/C23H32N4O4/c1-17-8-10-23(11-9-17)21(29)27(22(30)24-23)16-20(28)26-13-3-12-25(14-15-26)18-4-6-19(31-2)7-5-18/h4-7,17H,3,8-16H2,1-2H3,(H,24,30). The molecule has 1 spiro atoms. The average Bonchev–Trinajstić information content (AvgIpc) is 2.96. The summed E-state index contributed by atoms with van der Waals surface area (Å²) in [5.74, 6) is 0.986. The number of hydrogen-bond donors (Lipinski definition) is 1. The van der Waals surface area contributed by atoms with Crippen molar-refractivity contribution in [2.24, 2.45) is 5.92 Å². The van der Waals surface area contributed by atoms with Gasteiger partial charge in [0.1, 0.15) is 17.8 Å². The van der Waals surface area contributed by atoms with Crippen molar-refractivity contribution in [3.05, 3.63) is 24.3 Å². The minimum absolute atomic E-state index is 0.165. The molecule has 2 heterocycles. The second-order valence-corrected chi connectivity index (χ2v) is 9.01. The molecule has 3 fully saturated rings. The molecule has 2 aliphatic heterocycles. The first kappa shape index (κ1) is 21.5. The summed E-state index contributed by atoms with van der Waals surface area (Å²) in [6.45, 7) is 4.74. The highest BCUT2D eigenvalue weighted by Crippen LogP contribution is 2.36. The Bertz CT molecular complexity index is 832. The van der Waals surface area contributed by atoms with Crippen LogP contribution >= 0.6 is 0 Å². The quantitative estimate of drug-likeness (QED) is 0.744. The molecule has 1 aromatic rings. The molecular weight excluding hydrogens is 396 g/mol. The van der Waals surface area contributed by atoms with Crippen LogP contribution in [0.3, 0.4) is 0 Å². The summed E-state index contributed by atoms with van der Waals surface area (Å²) in [7, 11) is 1.65. The van der Waals surface area contributed by atoms with Crippen LogP contribution in [-0.2, 0) is 9.59 Å². The monoisotopic (exact) mass is 428 g/mol. The van der Waals surface area contributed by atoms with E-state index in [-0.39, 0.29) is 18.4 Å². The van der Waals surface area contributed by atoms with Gasteiger partial charge in [0.2, 0.25) is 5.91 Å². The molecule has 1 N–H and O–H groups in total. The minimum Gasteiger partial charge on any atom is -0.497 e. The number of anilines is 1. The van der Waals surface area contributed by atoms with Crippen LogP contribution in [0.2, 0.25) is 0 Å². The summed E-state index contributed by atoms with van der Waals surface area (Å²) in [6, 6.07) is 7.48. The molecule has 1 saturated carbocycles. The normalized spacial score (nSPS) is 26.8. The molecule has 8 heteroatoms. The lowest BCUT2D eigenvalue weighted by Gasteiger charge is -2.33. The first-order valence-corrected chi connectivity index (χ1v) is 11.2. The molecule has 31 heavy (non-hydrogen) atoms. The maximum Gasteiger partial charge on any atom is 0.325 e. The van der Waals surface area contributed by atoms with Crippen LogP contribution in [0.15, 0.2) is 24.3 Å².